The second kappa shape index (κ2) is 6.55. The minimum absolute atomic E-state index is 0.201. The number of benzene rings is 1. The molecular weight excluding hydrogens is 254 g/mol. The SMILES string of the molecule is Cc1cc(CNC(=O)c2ccccc2C#CCN)no1. The Morgan fingerprint density at radius 3 is 2.95 bits per heavy atom. The van der Waals surface area contributed by atoms with E-state index in [1.54, 1.807) is 31.2 Å². The maximum atomic E-state index is 12.1. The van der Waals surface area contributed by atoms with Gasteiger partial charge in [0, 0.05) is 11.6 Å². The fraction of sp³-hybridized carbons (Fsp3) is 0.200. The zero-order chi connectivity index (χ0) is 14.4. The van der Waals surface area contributed by atoms with Crippen molar-refractivity contribution >= 4 is 5.91 Å². The Morgan fingerprint density at radius 1 is 1.45 bits per heavy atom. The molecule has 1 aromatic heterocycles. The lowest BCUT2D eigenvalue weighted by molar-refractivity contribution is 0.0950. The summed E-state index contributed by atoms with van der Waals surface area (Å²) in [5.41, 5.74) is 7.21. The standard InChI is InChI=1S/C15H15N3O2/c1-11-9-13(18-20-11)10-17-15(19)14-7-3-2-5-12(14)6-4-8-16/h2-3,5,7,9H,8,10,16H2,1H3,(H,17,19). The van der Waals surface area contributed by atoms with E-state index in [0.29, 0.717) is 29.1 Å². The van der Waals surface area contributed by atoms with Crippen molar-refractivity contribution in [3.8, 4) is 11.8 Å². The first-order valence-electron chi connectivity index (χ1n) is 6.19. The summed E-state index contributed by atoms with van der Waals surface area (Å²) in [6, 6.07) is 8.92. The first-order valence-corrected chi connectivity index (χ1v) is 6.19. The van der Waals surface area contributed by atoms with Gasteiger partial charge in [0.2, 0.25) is 0 Å². The van der Waals surface area contributed by atoms with Gasteiger partial charge in [0.25, 0.3) is 5.91 Å². The van der Waals surface area contributed by atoms with Gasteiger partial charge in [0.15, 0.2) is 0 Å². The van der Waals surface area contributed by atoms with Crippen molar-refractivity contribution in [2.75, 3.05) is 6.54 Å². The summed E-state index contributed by atoms with van der Waals surface area (Å²) in [4.78, 5) is 12.1. The molecule has 5 heteroatoms. The van der Waals surface area contributed by atoms with Crippen LogP contribution in [0.5, 0.6) is 0 Å². The smallest absolute Gasteiger partial charge is 0.252 e. The Hall–Kier alpha value is -2.58. The van der Waals surface area contributed by atoms with Gasteiger partial charge in [-0.15, -0.1) is 0 Å². The Bertz CT molecular complexity index is 665. The Kier molecular flexibility index (Phi) is 4.53. The third kappa shape index (κ3) is 3.46. The Morgan fingerprint density at radius 2 is 2.25 bits per heavy atom. The zero-order valence-electron chi connectivity index (χ0n) is 11.1. The van der Waals surface area contributed by atoms with E-state index in [9.17, 15) is 4.79 Å². The molecule has 2 rings (SSSR count). The third-order valence-electron chi connectivity index (χ3n) is 2.60. The van der Waals surface area contributed by atoms with Crippen molar-refractivity contribution in [2.45, 2.75) is 13.5 Å². The number of rotatable bonds is 3. The molecular formula is C15H15N3O2. The van der Waals surface area contributed by atoms with Crippen molar-refractivity contribution in [1.82, 2.24) is 10.5 Å². The van der Waals surface area contributed by atoms with Crippen LogP contribution in [0.15, 0.2) is 34.9 Å². The summed E-state index contributed by atoms with van der Waals surface area (Å²) in [6.07, 6.45) is 0. The molecule has 0 fully saturated rings. The van der Waals surface area contributed by atoms with Crippen LogP contribution in [0.1, 0.15) is 27.4 Å². The van der Waals surface area contributed by atoms with Gasteiger partial charge in [0.05, 0.1) is 18.7 Å². The molecule has 20 heavy (non-hydrogen) atoms. The van der Waals surface area contributed by atoms with Crippen molar-refractivity contribution in [2.24, 2.45) is 5.73 Å². The zero-order valence-corrected chi connectivity index (χ0v) is 11.1. The summed E-state index contributed by atoms with van der Waals surface area (Å²) in [6.45, 7) is 2.37. The number of aromatic nitrogens is 1. The molecule has 0 spiro atoms. The maximum absolute atomic E-state index is 12.1. The molecule has 0 bridgehead atoms. The number of aryl methyl sites for hydroxylation is 1. The fourth-order valence-corrected chi connectivity index (χ4v) is 1.70. The third-order valence-corrected chi connectivity index (χ3v) is 2.60. The molecule has 1 heterocycles. The lowest BCUT2D eigenvalue weighted by atomic mass is 10.1. The Labute approximate surface area is 117 Å². The summed E-state index contributed by atoms with van der Waals surface area (Å²) in [7, 11) is 0. The van der Waals surface area contributed by atoms with E-state index in [4.69, 9.17) is 10.3 Å². The van der Waals surface area contributed by atoms with E-state index in [1.165, 1.54) is 0 Å². The number of carbonyl (C=O) groups excluding carboxylic acids is 1. The minimum Gasteiger partial charge on any atom is -0.361 e. The predicted molar refractivity (Wildman–Crippen MR) is 74.8 cm³/mol. The molecule has 0 saturated carbocycles. The predicted octanol–water partition coefficient (Wildman–Crippen LogP) is 1.22. The quantitative estimate of drug-likeness (QED) is 0.821. The van der Waals surface area contributed by atoms with Gasteiger partial charge in [-0.2, -0.15) is 0 Å². The molecule has 0 aliphatic heterocycles. The van der Waals surface area contributed by atoms with Gasteiger partial charge in [0.1, 0.15) is 11.5 Å². The second-order valence-electron chi connectivity index (χ2n) is 4.16. The average Bonchev–Trinajstić information content (AvgIpc) is 2.88. The molecule has 1 amide bonds. The molecule has 0 saturated heterocycles. The molecule has 0 aliphatic rings. The number of nitrogens with one attached hydrogen (secondary N) is 1. The normalized spacial score (nSPS) is 9.70. The van der Waals surface area contributed by atoms with Gasteiger partial charge >= 0.3 is 0 Å². The van der Waals surface area contributed by atoms with Crippen molar-refractivity contribution < 1.29 is 9.32 Å². The van der Waals surface area contributed by atoms with Crippen LogP contribution in [0, 0.1) is 18.8 Å². The number of amides is 1. The summed E-state index contributed by atoms with van der Waals surface area (Å²) >= 11 is 0. The van der Waals surface area contributed by atoms with Crippen LogP contribution in [0.25, 0.3) is 0 Å². The van der Waals surface area contributed by atoms with Crippen LogP contribution in [-0.2, 0) is 6.54 Å². The van der Waals surface area contributed by atoms with Crippen molar-refractivity contribution in [1.29, 1.82) is 0 Å². The monoisotopic (exact) mass is 269 g/mol. The molecule has 0 unspecified atom stereocenters. The maximum Gasteiger partial charge on any atom is 0.252 e. The van der Waals surface area contributed by atoms with Crippen LogP contribution in [0.3, 0.4) is 0 Å². The van der Waals surface area contributed by atoms with E-state index in [1.807, 2.05) is 6.07 Å². The highest BCUT2D eigenvalue weighted by molar-refractivity contribution is 5.96. The molecule has 3 N–H and O–H groups in total. The number of hydrogen-bond donors (Lipinski definition) is 2. The van der Waals surface area contributed by atoms with E-state index in [-0.39, 0.29) is 12.5 Å². The average molecular weight is 269 g/mol. The molecule has 0 atom stereocenters. The summed E-state index contributed by atoms with van der Waals surface area (Å²) < 4.78 is 4.94. The molecule has 1 aromatic carbocycles. The largest absolute Gasteiger partial charge is 0.361 e. The van der Waals surface area contributed by atoms with Gasteiger partial charge in [-0.1, -0.05) is 29.1 Å². The van der Waals surface area contributed by atoms with E-state index >= 15 is 0 Å². The van der Waals surface area contributed by atoms with Crippen LogP contribution >= 0.6 is 0 Å². The van der Waals surface area contributed by atoms with E-state index in [0.717, 1.165) is 0 Å². The van der Waals surface area contributed by atoms with Crippen molar-refractivity contribution in [3.05, 3.63) is 52.9 Å². The number of carbonyl (C=O) groups is 1. The van der Waals surface area contributed by atoms with Crippen molar-refractivity contribution in [3.63, 3.8) is 0 Å². The summed E-state index contributed by atoms with van der Waals surface area (Å²) in [5.74, 6) is 6.14. The van der Waals surface area contributed by atoms with E-state index < -0.39 is 0 Å². The lowest BCUT2D eigenvalue weighted by Gasteiger charge is -2.05. The first kappa shape index (κ1) is 13.8. The van der Waals surface area contributed by atoms with E-state index in [2.05, 4.69) is 22.3 Å². The Balaban J connectivity index is 2.09. The minimum atomic E-state index is -0.201. The van der Waals surface area contributed by atoms with Gasteiger partial charge in [-0.3, -0.25) is 4.79 Å². The van der Waals surface area contributed by atoms with Crippen LogP contribution in [0.2, 0.25) is 0 Å². The molecule has 5 nitrogen and oxygen atoms in total. The fourth-order valence-electron chi connectivity index (χ4n) is 1.70. The topological polar surface area (TPSA) is 81.2 Å². The highest BCUT2D eigenvalue weighted by Crippen LogP contribution is 2.08. The summed E-state index contributed by atoms with van der Waals surface area (Å²) in [5, 5.41) is 6.60. The molecule has 2 aromatic rings. The van der Waals surface area contributed by atoms with Gasteiger partial charge < -0.3 is 15.6 Å². The van der Waals surface area contributed by atoms with Crippen LogP contribution < -0.4 is 11.1 Å². The second-order valence-corrected chi connectivity index (χ2v) is 4.16. The number of nitrogens with zero attached hydrogens (tertiary/aromatic N) is 1. The van der Waals surface area contributed by atoms with Crippen LogP contribution in [0.4, 0.5) is 0 Å². The highest BCUT2D eigenvalue weighted by Gasteiger charge is 2.10. The molecule has 0 radical (unpaired) electrons. The lowest BCUT2D eigenvalue weighted by Crippen LogP contribution is -2.23. The van der Waals surface area contributed by atoms with Gasteiger partial charge in [-0.25, -0.2) is 0 Å². The van der Waals surface area contributed by atoms with Crippen LogP contribution in [-0.4, -0.2) is 17.6 Å². The molecule has 0 aliphatic carbocycles. The van der Waals surface area contributed by atoms with Gasteiger partial charge in [-0.05, 0) is 19.1 Å². The molecule has 102 valence electrons. The number of nitrogens with two attached hydrogens (primary N) is 1. The first-order chi connectivity index (χ1) is 9.70. The highest BCUT2D eigenvalue weighted by atomic mass is 16.5. The number of hydrogen-bond acceptors (Lipinski definition) is 4.